The zero-order chi connectivity index (χ0) is 20.6. The zero-order valence-corrected chi connectivity index (χ0v) is 17.6. The van der Waals surface area contributed by atoms with Crippen molar-refractivity contribution in [2.75, 3.05) is 45.9 Å². The van der Waals surface area contributed by atoms with Crippen molar-refractivity contribution in [3.8, 4) is 17.5 Å². The van der Waals surface area contributed by atoms with Crippen LogP contribution in [0.15, 0.2) is 24.3 Å². The Kier molecular flexibility index (Phi) is 7.77. The van der Waals surface area contributed by atoms with Crippen molar-refractivity contribution in [3.63, 3.8) is 0 Å². The number of carbonyl (C=O) groups is 1. The first kappa shape index (κ1) is 21.5. The first-order valence-corrected chi connectivity index (χ1v) is 10.2. The van der Waals surface area contributed by atoms with Crippen molar-refractivity contribution in [1.29, 1.82) is 5.26 Å². The lowest BCUT2D eigenvalue weighted by atomic mass is 10.2. The van der Waals surface area contributed by atoms with E-state index in [4.69, 9.17) is 33.8 Å². The molecule has 10 heteroatoms. The van der Waals surface area contributed by atoms with Crippen LogP contribution in [0.2, 0.25) is 5.02 Å². The summed E-state index contributed by atoms with van der Waals surface area (Å²) in [7, 11) is 0. The van der Waals surface area contributed by atoms with Crippen LogP contribution in [-0.4, -0.2) is 76.4 Å². The van der Waals surface area contributed by atoms with Gasteiger partial charge in [-0.3, -0.25) is 19.4 Å². The van der Waals surface area contributed by atoms with E-state index in [9.17, 15) is 4.79 Å². The molecule has 1 fully saturated rings. The SMILES string of the molecule is N#CCCN(CCN1CCOCC1)C(=O)Cn1c(-c2ccc(Cl)cc2)n[nH]c1=S. The lowest BCUT2D eigenvalue weighted by molar-refractivity contribution is -0.132. The Balaban J connectivity index is 1.71. The summed E-state index contributed by atoms with van der Waals surface area (Å²) in [5.41, 5.74) is 0.812. The Morgan fingerprint density at radius 3 is 2.72 bits per heavy atom. The molecule has 1 saturated heterocycles. The smallest absolute Gasteiger partial charge is 0.242 e. The van der Waals surface area contributed by atoms with Crippen LogP contribution in [0.4, 0.5) is 0 Å². The Morgan fingerprint density at radius 2 is 2.03 bits per heavy atom. The van der Waals surface area contributed by atoms with E-state index in [-0.39, 0.29) is 18.9 Å². The van der Waals surface area contributed by atoms with Crippen LogP contribution in [0, 0.1) is 16.1 Å². The van der Waals surface area contributed by atoms with E-state index in [0.29, 0.717) is 41.9 Å². The summed E-state index contributed by atoms with van der Waals surface area (Å²) in [6.07, 6.45) is 0.287. The Labute approximate surface area is 179 Å². The van der Waals surface area contributed by atoms with Gasteiger partial charge in [0.2, 0.25) is 5.91 Å². The number of rotatable bonds is 8. The molecule has 8 nitrogen and oxygen atoms in total. The molecule has 1 aliphatic rings. The van der Waals surface area contributed by atoms with Gasteiger partial charge in [-0.25, -0.2) is 0 Å². The third-order valence-corrected chi connectivity index (χ3v) is 5.35. The van der Waals surface area contributed by atoms with Crippen molar-refractivity contribution in [3.05, 3.63) is 34.1 Å². The summed E-state index contributed by atoms with van der Waals surface area (Å²) in [6.45, 7) is 4.88. The number of nitrogens with one attached hydrogen (secondary N) is 1. The molecule has 1 N–H and O–H groups in total. The van der Waals surface area contributed by atoms with Crippen molar-refractivity contribution in [1.82, 2.24) is 24.6 Å². The topological polar surface area (TPSA) is 90.2 Å². The Bertz CT molecular complexity index is 914. The number of aromatic nitrogens is 3. The molecule has 0 atom stereocenters. The maximum absolute atomic E-state index is 13.0. The van der Waals surface area contributed by atoms with Crippen LogP contribution < -0.4 is 0 Å². The molecule has 0 bridgehead atoms. The first-order chi connectivity index (χ1) is 14.1. The van der Waals surface area contributed by atoms with Gasteiger partial charge in [-0.1, -0.05) is 11.6 Å². The number of nitriles is 1. The van der Waals surface area contributed by atoms with Crippen LogP contribution in [-0.2, 0) is 16.1 Å². The van der Waals surface area contributed by atoms with Crippen molar-refractivity contribution in [2.45, 2.75) is 13.0 Å². The minimum absolute atomic E-state index is 0.0574. The highest BCUT2D eigenvalue weighted by molar-refractivity contribution is 7.71. The van der Waals surface area contributed by atoms with Crippen LogP contribution in [0.5, 0.6) is 0 Å². The van der Waals surface area contributed by atoms with E-state index in [0.717, 1.165) is 25.2 Å². The number of halogens is 1. The normalized spacial score (nSPS) is 14.5. The monoisotopic (exact) mass is 434 g/mol. The second-order valence-corrected chi connectivity index (χ2v) is 7.51. The molecule has 0 spiro atoms. The van der Waals surface area contributed by atoms with E-state index in [2.05, 4.69) is 21.2 Å². The zero-order valence-electron chi connectivity index (χ0n) is 16.0. The number of hydrogen-bond acceptors (Lipinski definition) is 6. The summed E-state index contributed by atoms with van der Waals surface area (Å²) in [5, 5.41) is 16.6. The van der Waals surface area contributed by atoms with Crippen LogP contribution in [0.3, 0.4) is 0 Å². The van der Waals surface area contributed by atoms with Gasteiger partial charge in [0.15, 0.2) is 10.6 Å². The van der Waals surface area contributed by atoms with Crippen molar-refractivity contribution in [2.24, 2.45) is 0 Å². The molecule has 1 aromatic carbocycles. The van der Waals surface area contributed by atoms with Gasteiger partial charge in [-0.15, -0.1) is 0 Å². The predicted molar refractivity (Wildman–Crippen MR) is 112 cm³/mol. The summed E-state index contributed by atoms with van der Waals surface area (Å²) < 4.78 is 7.41. The highest BCUT2D eigenvalue weighted by Gasteiger charge is 2.19. The Morgan fingerprint density at radius 1 is 1.31 bits per heavy atom. The molecule has 1 aliphatic heterocycles. The number of morpholine rings is 1. The molecule has 0 radical (unpaired) electrons. The van der Waals surface area contributed by atoms with Crippen LogP contribution in [0.1, 0.15) is 6.42 Å². The number of H-pyrrole nitrogens is 1. The van der Waals surface area contributed by atoms with Gasteiger partial charge in [0.1, 0.15) is 6.54 Å². The van der Waals surface area contributed by atoms with Crippen LogP contribution >= 0.6 is 23.8 Å². The van der Waals surface area contributed by atoms with Crippen LogP contribution in [0.25, 0.3) is 11.4 Å². The van der Waals surface area contributed by atoms with E-state index < -0.39 is 0 Å². The van der Waals surface area contributed by atoms with Gasteiger partial charge in [-0.05, 0) is 36.5 Å². The summed E-state index contributed by atoms with van der Waals surface area (Å²) in [6, 6.07) is 9.32. The van der Waals surface area contributed by atoms with E-state index in [1.807, 2.05) is 12.1 Å². The van der Waals surface area contributed by atoms with Gasteiger partial charge in [-0.2, -0.15) is 10.4 Å². The summed E-state index contributed by atoms with van der Waals surface area (Å²) >= 11 is 11.3. The molecular weight excluding hydrogens is 412 g/mol. The fraction of sp³-hybridized carbons (Fsp3) is 0.474. The van der Waals surface area contributed by atoms with Gasteiger partial charge in [0.05, 0.1) is 25.7 Å². The Hall–Kier alpha value is -2.25. The minimum Gasteiger partial charge on any atom is -0.379 e. The number of nitrogens with zero attached hydrogens (tertiary/aromatic N) is 5. The second-order valence-electron chi connectivity index (χ2n) is 6.69. The number of benzene rings is 1. The summed E-state index contributed by atoms with van der Waals surface area (Å²) in [4.78, 5) is 17.0. The summed E-state index contributed by atoms with van der Waals surface area (Å²) in [5.74, 6) is 0.481. The largest absolute Gasteiger partial charge is 0.379 e. The standard InChI is InChI=1S/C19H23ClN6O2S/c20-16-4-2-15(3-5-16)18-22-23-19(29)26(18)14-17(27)25(7-1-6-21)9-8-24-10-12-28-13-11-24/h2-5H,1,7-14H2,(H,23,29). The number of aromatic amines is 1. The number of carbonyl (C=O) groups excluding carboxylic acids is 1. The molecule has 2 heterocycles. The second kappa shape index (κ2) is 10.5. The van der Waals surface area contributed by atoms with E-state index in [1.54, 1.807) is 21.6 Å². The van der Waals surface area contributed by atoms with Crippen molar-refractivity contribution >= 4 is 29.7 Å². The highest BCUT2D eigenvalue weighted by atomic mass is 35.5. The third-order valence-electron chi connectivity index (χ3n) is 4.79. The fourth-order valence-corrected chi connectivity index (χ4v) is 3.47. The molecular formula is C19H23ClN6O2S. The molecule has 2 aromatic rings. The average Bonchev–Trinajstić information content (AvgIpc) is 3.09. The third kappa shape index (κ3) is 5.87. The maximum Gasteiger partial charge on any atom is 0.242 e. The number of hydrogen-bond donors (Lipinski definition) is 1. The highest BCUT2D eigenvalue weighted by Crippen LogP contribution is 2.20. The molecule has 0 unspecified atom stereocenters. The fourth-order valence-electron chi connectivity index (χ4n) is 3.15. The molecule has 0 saturated carbocycles. The predicted octanol–water partition coefficient (Wildman–Crippen LogP) is 2.34. The minimum atomic E-state index is -0.0961. The molecule has 3 rings (SSSR count). The van der Waals surface area contributed by atoms with Gasteiger partial charge < -0.3 is 9.64 Å². The first-order valence-electron chi connectivity index (χ1n) is 9.44. The van der Waals surface area contributed by atoms with Gasteiger partial charge >= 0.3 is 0 Å². The lowest BCUT2D eigenvalue weighted by Crippen LogP contribution is -2.44. The van der Waals surface area contributed by atoms with Gasteiger partial charge in [0, 0.05) is 43.3 Å². The van der Waals surface area contributed by atoms with E-state index >= 15 is 0 Å². The molecule has 0 aliphatic carbocycles. The number of amides is 1. The van der Waals surface area contributed by atoms with Gasteiger partial charge in [0.25, 0.3) is 0 Å². The average molecular weight is 435 g/mol. The molecule has 1 aromatic heterocycles. The molecule has 154 valence electrons. The van der Waals surface area contributed by atoms with Crippen molar-refractivity contribution < 1.29 is 9.53 Å². The maximum atomic E-state index is 13.0. The molecule has 1 amide bonds. The number of ether oxygens (including phenoxy) is 1. The molecule has 29 heavy (non-hydrogen) atoms. The quantitative estimate of drug-likeness (QED) is 0.641. The lowest BCUT2D eigenvalue weighted by Gasteiger charge is -2.30. The van der Waals surface area contributed by atoms with E-state index in [1.165, 1.54) is 0 Å².